The number of carbonyl (C=O) groups excluding carboxylic acids is 2. The lowest BCUT2D eigenvalue weighted by atomic mass is 9.98. The minimum absolute atomic E-state index is 0.252. The number of carbonyl (C=O) groups is 2. The van der Waals surface area contributed by atoms with Crippen LogP contribution in [0, 0.1) is 5.92 Å². The van der Waals surface area contributed by atoms with Crippen molar-refractivity contribution in [3.8, 4) is 11.5 Å². The van der Waals surface area contributed by atoms with E-state index in [2.05, 4.69) is 5.32 Å². The zero-order valence-electron chi connectivity index (χ0n) is 12.8. The van der Waals surface area contributed by atoms with Gasteiger partial charge >= 0.3 is 6.03 Å². The van der Waals surface area contributed by atoms with E-state index in [0.717, 1.165) is 12.8 Å². The van der Waals surface area contributed by atoms with Gasteiger partial charge in [0.05, 0.1) is 20.1 Å². The Labute approximate surface area is 129 Å². The van der Waals surface area contributed by atoms with E-state index in [9.17, 15) is 9.59 Å². The van der Waals surface area contributed by atoms with Crippen LogP contribution in [-0.4, -0.2) is 44.1 Å². The average Bonchev–Trinajstić information content (AvgIpc) is 2.54. The van der Waals surface area contributed by atoms with Gasteiger partial charge in [-0.2, -0.15) is 0 Å². The second kappa shape index (κ2) is 7.02. The van der Waals surface area contributed by atoms with Crippen molar-refractivity contribution in [1.29, 1.82) is 0 Å². The summed E-state index contributed by atoms with van der Waals surface area (Å²) in [5.41, 5.74) is 5.93. The van der Waals surface area contributed by atoms with E-state index in [1.54, 1.807) is 30.2 Å². The number of ether oxygens (including phenoxy) is 2. The van der Waals surface area contributed by atoms with Crippen molar-refractivity contribution in [2.24, 2.45) is 11.7 Å². The molecule has 120 valence electrons. The van der Waals surface area contributed by atoms with E-state index in [0.29, 0.717) is 30.3 Å². The number of nitrogens with zero attached hydrogens (tertiary/aromatic N) is 1. The highest BCUT2D eigenvalue weighted by molar-refractivity contribution is 5.90. The van der Waals surface area contributed by atoms with Gasteiger partial charge in [-0.15, -0.1) is 0 Å². The van der Waals surface area contributed by atoms with Crippen molar-refractivity contribution in [3.05, 3.63) is 18.2 Å². The van der Waals surface area contributed by atoms with Crippen molar-refractivity contribution in [3.63, 3.8) is 0 Å². The molecule has 1 saturated heterocycles. The quantitative estimate of drug-likeness (QED) is 0.880. The Kier molecular flexibility index (Phi) is 5.08. The summed E-state index contributed by atoms with van der Waals surface area (Å²) in [5.74, 6) is 0.495. The minimum atomic E-state index is -0.358. The van der Waals surface area contributed by atoms with Crippen LogP contribution in [0.4, 0.5) is 10.5 Å². The third-order valence-corrected chi connectivity index (χ3v) is 3.75. The Morgan fingerprint density at radius 3 is 2.64 bits per heavy atom. The molecular formula is C15H21N3O4. The molecule has 3 amide bonds. The smallest absolute Gasteiger partial charge is 0.321 e. The predicted molar refractivity (Wildman–Crippen MR) is 82.1 cm³/mol. The molecule has 1 aromatic rings. The Balaban J connectivity index is 2.04. The molecule has 1 fully saturated rings. The molecule has 0 saturated carbocycles. The monoisotopic (exact) mass is 307 g/mol. The van der Waals surface area contributed by atoms with Gasteiger partial charge in [0.25, 0.3) is 0 Å². The third kappa shape index (κ3) is 3.60. The highest BCUT2D eigenvalue weighted by Crippen LogP contribution is 2.30. The van der Waals surface area contributed by atoms with Gasteiger partial charge in [0.15, 0.2) is 11.5 Å². The summed E-state index contributed by atoms with van der Waals surface area (Å²) in [7, 11) is 3.08. The molecule has 1 aliphatic heterocycles. The molecule has 3 N–H and O–H groups in total. The first-order valence-corrected chi connectivity index (χ1v) is 7.12. The van der Waals surface area contributed by atoms with Crippen LogP contribution in [0.1, 0.15) is 12.8 Å². The number of likely N-dealkylation sites (tertiary alicyclic amines) is 1. The zero-order valence-corrected chi connectivity index (χ0v) is 12.8. The van der Waals surface area contributed by atoms with Crippen LogP contribution in [-0.2, 0) is 4.79 Å². The number of urea groups is 1. The number of anilines is 1. The number of nitrogens with two attached hydrogens (primary N) is 1. The first-order valence-electron chi connectivity index (χ1n) is 7.12. The molecule has 2 rings (SSSR count). The van der Waals surface area contributed by atoms with E-state index in [-0.39, 0.29) is 17.9 Å². The number of methoxy groups -OCH3 is 2. The van der Waals surface area contributed by atoms with Crippen molar-refractivity contribution >= 4 is 17.6 Å². The zero-order chi connectivity index (χ0) is 16.1. The lowest BCUT2D eigenvalue weighted by molar-refractivity contribution is -0.123. The van der Waals surface area contributed by atoms with Gasteiger partial charge in [0.2, 0.25) is 5.91 Å². The molecule has 1 aromatic carbocycles. The fourth-order valence-electron chi connectivity index (χ4n) is 2.51. The van der Waals surface area contributed by atoms with Crippen molar-refractivity contribution in [1.82, 2.24) is 4.90 Å². The van der Waals surface area contributed by atoms with Crippen molar-refractivity contribution in [2.45, 2.75) is 12.8 Å². The SMILES string of the molecule is COc1ccc(NC(=O)N2CCC[C@@H](C(N)=O)C2)cc1OC. The summed E-state index contributed by atoms with van der Waals surface area (Å²) in [6.45, 7) is 0.970. The van der Waals surface area contributed by atoms with E-state index in [4.69, 9.17) is 15.2 Å². The maximum Gasteiger partial charge on any atom is 0.321 e. The summed E-state index contributed by atoms with van der Waals surface area (Å²) in [4.78, 5) is 25.2. The summed E-state index contributed by atoms with van der Waals surface area (Å²) in [5, 5.41) is 2.80. The van der Waals surface area contributed by atoms with E-state index >= 15 is 0 Å². The first-order chi connectivity index (χ1) is 10.5. The molecule has 1 heterocycles. The molecule has 22 heavy (non-hydrogen) atoms. The first kappa shape index (κ1) is 15.9. The summed E-state index contributed by atoms with van der Waals surface area (Å²) in [6, 6.07) is 4.89. The average molecular weight is 307 g/mol. The van der Waals surface area contributed by atoms with Gasteiger partial charge in [-0.1, -0.05) is 0 Å². The molecule has 7 heteroatoms. The molecular weight excluding hydrogens is 286 g/mol. The van der Waals surface area contributed by atoms with Crippen LogP contribution in [0.15, 0.2) is 18.2 Å². The van der Waals surface area contributed by atoms with Crippen LogP contribution < -0.4 is 20.5 Å². The highest BCUT2D eigenvalue weighted by Gasteiger charge is 2.27. The number of hydrogen-bond acceptors (Lipinski definition) is 4. The molecule has 1 atom stereocenters. The van der Waals surface area contributed by atoms with Crippen LogP contribution in [0.2, 0.25) is 0 Å². The van der Waals surface area contributed by atoms with Gasteiger partial charge in [-0.25, -0.2) is 4.79 Å². The van der Waals surface area contributed by atoms with E-state index in [1.165, 1.54) is 7.11 Å². The Morgan fingerprint density at radius 1 is 1.27 bits per heavy atom. The number of amides is 3. The molecule has 0 spiro atoms. The normalized spacial score (nSPS) is 17.7. The number of benzene rings is 1. The van der Waals surface area contributed by atoms with Gasteiger partial charge in [-0.05, 0) is 25.0 Å². The van der Waals surface area contributed by atoms with E-state index in [1.807, 2.05) is 0 Å². The lowest BCUT2D eigenvalue weighted by Gasteiger charge is -2.31. The Morgan fingerprint density at radius 2 is 2.00 bits per heavy atom. The molecule has 0 radical (unpaired) electrons. The standard InChI is InChI=1S/C15H21N3O4/c1-21-12-6-5-11(8-13(12)22-2)17-15(20)18-7-3-4-10(9-18)14(16)19/h5-6,8,10H,3-4,7,9H2,1-2H3,(H2,16,19)(H,17,20)/t10-/m1/s1. The third-order valence-electron chi connectivity index (χ3n) is 3.75. The largest absolute Gasteiger partial charge is 0.493 e. The molecule has 0 aromatic heterocycles. The fraction of sp³-hybridized carbons (Fsp3) is 0.467. The maximum absolute atomic E-state index is 12.3. The predicted octanol–water partition coefficient (Wildman–Crippen LogP) is 1.43. The molecule has 0 aliphatic carbocycles. The van der Waals surface area contributed by atoms with Crippen LogP contribution in [0.3, 0.4) is 0 Å². The van der Waals surface area contributed by atoms with Crippen LogP contribution in [0.5, 0.6) is 11.5 Å². The highest BCUT2D eigenvalue weighted by atomic mass is 16.5. The topological polar surface area (TPSA) is 93.9 Å². The van der Waals surface area contributed by atoms with Gasteiger partial charge < -0.3 is 25.4 Å². The number of hydrogen-bond donors (Lipinski definition) is 2. The van der Waals surface area contributed by atoms with Crippen LogP contribution >= 0.6 is 0 Å². The number of nitrogens with one attached hydrogen (secondary N) is 1. The van der Waals surface area contributed by atoms with Crippen molar-refractivity contribution < 1.29 is 19.1 Å². The Hall–Kier alpha value is -2.44. The molecule has 7 nitrogen and oxygen atoms in total. The molecule has 1 aliphatic rings. The Bertz CT molecular complexity index is 562. The van der Waals surface area contributed by atoms with E-state index < -0.39 is 0 Å². The second-order valence-electron chi connectivity index (χ2n) is 5.19. The molecule has 0 unspecified atom stereocenters. The van der Waals surface area contributed by atoms with Gasteiger partial charge in [0, 0.05) is 24.8 Å². The number of rotatable bonds is 4. The fourth-order valence-corrected chi connectivity index (χ4v) is 2.51. The minimum Gasteiger partial charge on any atom is -0.493 e. The summed E-state index contributed by atoms with van der Waals surface area (Å²) in [6.07, 6.45) is 1.50. The maximum atomic E-state index is 12.3. The number of primary amides is 1. The summed E-state index contributed by atoms with van der Waals surface area (Å²) >= 11 is 0. The lowest BCUT2D eigenvalue weighted by Crippen LogP contribution is -2.45. The van der Waals surface area contributed by atoms with Crippen LogP contribution in [0.25, 0.3) is 0 Å². The molecule has 0 bridgehead atoms. The van der Waals surface area contributed by atoms with Gasteiger partial charge in [0.1, 0.15) is 0 Å². The summed E-state index contributed by atoms with van der Waals surface area (Å²) < 4.78 is 10.4. The van der Waals surface area contributed by atoms with Gasteiger partial charge in [-0.3, -0.25) is 4.79 Å². The van der Waals surface area contributed by atoms with Crippen molar-refractivity contribution in [2.75, 3.05) is 32.6 Å². The second-order valence-corrected chi connectivity index (χ2v) is 5.19. The number of piperidine rings is 1.